The predicted molar refractivity (Wildman–Crippen MR) is 85.1 cm³/mol. The number of ether oxygens (including phenoxy) is 1. The second kappa shape index (κ2) is 6.33. The molecule has 1 aliphatic heterocycles. The minimum Gasteiger partial charge on any atom is -0.495 e. The van der Waals surface area contributed by atoms with Gasteiger partial charge in [-0.3, -0.25) is 4.90 Å². The van der Waals surface area contributed by atoms with E-state index in [2.05, 4.69) is 37.9 Å². The first-order chi connectivity index (χ1) is 9.49. The standard InChI is InChI=1S/C16H25ClN2O/c1-10-11(2)16(20-5)15(17)12(3)14(10)13(4)19-8-6-18-7-9-19/h13,18H,6-9H2,1-5H3. The summed E-state index contributed by atoms with van der Waals surface area (Å²) in [6.07, 6.45) is 0. The molecule has 1 unspecified atom stereocenters. The normalized spacial score (nSPS) is 18.1. The van der Waals surface area contributed by atoms with Crippen LogP contribution >= 0.6 is 11.6 Å². The zero-order valence-corrected chi connectivity index (χ0v) is 13.9. The molecule has 0 bridgehead atoms. The van der Waals surface area contributed by atoms with Gasteiger partial charge in [0.25, 0.3) is 0 Å². The van der Waals surface area contributed by atoms with E-state index in [-0.39, 0.29) is 0 Å². The number of methoxy groups -OCH3 is 1. The lowest BCUT2D eigenvalue weighted by molar-refractivity contribution is 0.184. The molecule has 4 heteroatoms. The molecular formula is C16H25ClN2O. The zero-order chi connectivity index (χ0) is 14.9. The summed E-state index contributed by atoms with van der Waals surface area (Å²) in [4.78, 5) is 2.52. The van der Waals surface area contributed by atoms with Gasteiger partial charge in [-0.1, -0.05) is 11.6 Å². The maximum Gasteiger partial charge on any atom is 0.140 e. The van der Waals surface area contributed by atoms with Gasteiger partial charge in [-0.2, -0.15) is 0 Å². The van der Waals surface area contributed by atoms with E-state index in [1.165, 1.54) is 11.1 Å². The molecule has 0 amide bonds. The maximum atomic E-state index is 6.50. The van der Waals surface area contributed by atoms with Crippen molar-refractivity contribution in [1.82, 2.24) is 10.2 Å². The minimum absolute atomic E-state index is 0.388. The average Bonchev–Trinajstić information content (AvgIpc) is 2.47. The van der Waals surface area contributed by atoms with Crippen LogP contribution in [0.5, 0.6) is 5.75 Å². The first-order valence-corrected chi connectivity index (χ1v) is 7.64. The smallest absolute Gasteiger partial charge is 0.140 e. The molecule has 1 aliphatic rings. The highest BCUT2D eigenvalue weighted by Crippen LogP contribution is 2.40. The summed E-state index contributed by atoms with van der Waals surface area (Å²) in [5.41, 5.74) is 4.96. The molecule has 112 valence electrons. The van der Waals surface area contributed by atoms with Crippen molar-refractivity contribution < 1.29 is 4.74 Å². The van der Waals surface area contributed by atoms with Gasteiger partial charge in [0.2, 0.25) is 0 Å². The predicted octanol–water partition coefficient (Wildman–Crippen LogP) is 3.24. The van der Waals surface area contributed by atoms with Gasteiger partial charge in [-0.15, -0.1) is 0 Å². The second-order valence-corrected chi connectivity index (χ2v) is 5.98. The molecule has 0 radical (unpaired) electrons. The quantitative estimate of drug-likeness (QED) is 0.927. The summed E-state index contributed by atoms with van der Waals surface area (Å²) in [5, 5.41) is 4.16. The van der Waals surface area contributed by atoms with Crippen LogP contribution < -0.4 is 10.1 Å². The van der Waals surface area contributed by atoms with Gasteiger partial charge in [0.1, 0.15) is 5.75 Å². The van der Waals surface area contributed by atoms with Crippen molar-refractivity contribution in [2.24, 2.45) is 0 Å². The molecule has 3 nitrogen and oxygen atoms in total. The van der Waals surface area contributed by atoms with Crippen molar-refractivity contribution in [3.63, 3.8) is 0 Å². The molecule has 1 saturated heterocycles. The zero-order valence-electron chi connectivity index (χ0n) is 13.1. The number of hydrogen-bond donors (Lipinski definition) is 1. The summed E-state index contributed by atoms with van der Waals surface area (Å²) in [6, 6.07) is 0.388. The highest BCUT2D eigenvalue weighted by molar-refractivity contribution is 6.33. The van der Waals surface area contributed by atoms with Crippen LogP contribution in [0.15, 0.2) is 0 Å². The Morgan fingerprint density at radius 2 is 1.70 bits per heavy atom. The minimum atomic E-state index is 0.388. The van der Waals surface area contributed by atoms with E-state index in [1.807, 2.05) is 0 Å². The highest BCUT2D eigenvalue weighted by Gasteiger charge is 2.25. The van der Waals surface area contributed by atoms with Gasteiger partial charge < -0.3 is 10.1 Å². The van der Waals surface area contributed by atoms with Crippen LogP contribution in [-0.4, -0.2) is 38.2 Å². The van der Waals surface area contributed by atoms with Crippen LogP contribution in [0.4, 0.5) is 0 Å². The van der Waals surface area contributed by atoms with Crippen LogP contribution in [0, 0.1) is 20.8 Å². The Bertz CT molecular complexity index is 467. The largest absolute Gasteiger partial charge is 0.495 e. The number of nitrogens with one attached hydrogen (secondary N) is 1. The van der Waals surface area contributed by atoms with Gasteiger partial charge in [0.15, 0.2) is 0 Å². The molecule has 0 spiro atoms. The fourth-order valence-corrected chi connectivity index (χ4v) is 3.55. The van der Waals surface area contributed by atoms with E-state index >= 15 is 0 Å². The lowest BCUT2D eigenvalue weighted by atomic mass is 9.91. The first-order valence-electron chi connectivity index (χ1n) is 7.27. The van der Waals surface area contributed by atoms with Crippen LogP contribution in [0.25, 0.3) is 0 Å². The van der Waals surface area contributed by atoms with Crippen molar-refractivity contribution in [1.29, 1.82) is 0 Å². The van der Waals surface area contributed by atoms with Gasteiger partial charge in [-0.05, 0) is 49.9 Å². The summed E-state index contributed by atoms with van der Waals surface area (Å²) < 4.78 is 5.46. The Kier molecular flexibility index (Phi) is 4.95. The van der Waals surface area contributed by atoms with Crippen molar-refractivity contribution in [2.45, 2.75) is 33.7 Å². The number of benzene rings is 1. The Morgan fingerprint density at radius 1 is 1.10 bits per heavy atom. The third-order valence-corrected chi connectivity index (χ3v) is 5.02. The molecule has 20 heavy (non-hydrogen) atoms. The SMILES string of the molecule is COc1c(C)c(C)c(C(C)N2CCNCC2)c(C)c1Cl. The molecule has 1 heterocycles. The summed E-state index contributed by atoms with van der Waals surface area (Å²) >= 11 is 6.50. The van der Waals surface area contributed by atoms with Crippen molar-refractivity contribution in [2.75, 3.05) is 33.3 Å². The molecule has 0 saturated carbocycles. The van der Waals surface area contributed by atoms with Crippen LogP contribution in [0.1, 0.15) is 35.2 Å². The molecule has 0 aromatic heterocycles. The van der Waals surface area contributed by atoms with Crippen molar-refractivity contribution in [3.8, 4) is 5.75 Å². The van der Waals surface area contributed by atoms with Crippen molar-refractivity contribution in [3.05, 3.63) is 27.3 Å². The Balaban J connectivity index is 2.45. The molecule has 1 atom stereocenters. The first kappa shape index (κ1) is 15.6. The molecule has 0 aliphatic carbocycles. The van der Waals surface area contributed by atoms with Gasteiger partial charge >= 0.3 is 0 Å². The third kappa shape index (κ3) is 2.67. The molecular weight excluding hydrogens is 272 g/mol. The van der Waals surface area contributed by atoms with E-state index < -0.39 is 0 Å². The molecule has 1 N–H and O–H groups in total. The maximum absolute atomic E-state index is 6.50. The fourth-order valence-electron chi connectivity index (χ4n) is 3.23. The van der Waals surface area contributed by atoms with Crippen LogP contribution in [0.2, 0.25) is 5.02 Å². The van der Waals surface area contributed by atoms with Crippen LogP contribution in [0.3, 0.4) is 0 Å². The number of rotatable bonds is 3. The number of nitrogens with zero attached hydrogens (tertiary/aromatic N) is 1. The van der Waals surface area contributed by atoms with E-state index in [0.717, 1.165) is 48.1 Å². The number of hydrogen-bond acceptors (Lipinski definition) is 3. The van der Waals surface area contributed by atoms with Gasteiger partial charge in [0.05, 0.1) is 12.1 Å². The topological polar surface area (TPSA) is 24.5 Å². The average molecular weight is 297 g/mol. The summed E-state index contributed by atoms with van der Waals surface area (Å²) in [7, 11) is 1.69. The Hall–Kier alpha value is -0.770. The molecule has 1 aromatic carbocycles. The Labute approximate surface area is 127 Å². The number of piperazine rings is 1. The molecule has 1 fully saturated rings. The Morgan fingerprint density at radius 3 is 2.25 bits per heavy atom. The monoisotopic (exact) mass is 296 g/mol. The van der Waals surface area contributed by atoms with E-state index in [4.69, 9.17) is 16.3 Å². The van der Waals surface area contributed by atoms with E-state index in [9.17, 15) is 0 Å². The molecule has 1 aromatic rings. The third-order valence-electron chi connectivity index (χ3n) is 4.56. The fraction of sp³-hybridized carbons (Fsp3) is 0.625. The van der Waals surface area contributed by atoms with Gasteiger partial charge in [-0.25, -0.2) is 0 Å². The lowest BCUT2D eigenvalue weighted by Crippen LogP contribution is -2.44. The van der Waals surface area contributed by atoms with Crippen molar-refractivity contribution >= 4 is 11.6 Å². The highest BCUT2D eigenvalue weighted by atomic mass is 35.5. The van der Waals surface area contributed by atoms with Crippen LogP contribution in [-0.2, 0) is 0 Å². The summed E-state index contributed by atoms with van der Waals surface area (Å²) in [6.45, 7) is 12.9. The molecule has 2 rings (SSSR count). The number of halogens is 1. The van der Waals surface area contributed by atoms with E-state index in [0.29, 0.717) is 6.04 Å². The van der Waals surface area contributed by atoms with Gasteiger partial charge in [0, 0.05) is 32.2 Å². The lowest BCUT2D eigenvalue weighted by Gasteiger charge is -2.35. The summed E-state index contributed by atoms with van der Waals surface area (Å²) in [5.74, 6) is 0.818. The second-order valence-electron chi connectivity index (χ2n) is 5.60. The van der Waals surface area contributed by atoms with E-state index in [1.54, 1.807) is 7.11 Å².